The Hall–Kier alpha value is -2.89. The smallest absolute Gasteiger partial charge is 0.227 e. The van der Waals surface area contributed by atoms with E-state index in [-0.39, 0.29) is 11.9 Å². The van der Waals surface area contributed by atoms with Crippen LogP contribution in [-0.4, -0.2) is 39.1 Å². The van der Waals surface area contributed by atoms with E-state index in [2.05, 4.69) is 5.10 Å². The Morgan fingerprint density at radius 3 is 3.00 bits per heavy atom. The minimum Gasteiger partial charge on any atom is -0.496 e. The number of piperidine rings is 1. The monoisotopic (exact) mass is 350 g/mol. The molecule has 6 heteroatoms. The number of likely N-dealkylation sites (tertiary alicyclic amines) is 1. The molecule has 0 saturated carbocycles. The molecule has 1 saturated heterocycles. The second kappa shape index (κ2) is 7.15. The van der Waals surface area contributed by atoms with Crippen molar-refractivity contribution in [1.29, 1.82) is 0 Å². The van der Waals surface area contributed by atoms with E-state index >= 15 is 0 Å². The summed E-state index contributed by atoms with van der Waals surface area (Å²) in [6, 6.07) is 11.6. The Kier molecular flexibility index (Phi) is 4.56. The molecule has 4 rings (SSSR count). The largest absolute Gasteiger partial charge is 0.496 e. The quantitative estimate of drug-likeness (QED) is 0.726. The molecule has 3 heterocycles. The van der Waals surface area contributed by atoms with Crippen molar-refractivity contribution in [1.82, 2.24) is 19.5 Å². The number of carbonyl (C=O) groups is 1. The molecular weight excluding hydrogens is 328 g/mol. The summed E-state index contributed by atoms with van der Waals surface area (Å²) in [6.45, 7) is 0.769. The third kappa shape index (κ3) is 3.14. The van der Waals surface area contributed by atoms with Crippen LogP contribution in [0.25, 0.3) is 5.65 Å². The lowest BCUT2D eigenvalue weighted by molar-refractivity contribution is -0.134. The second-order valence-corrected chi connectivity index (χ2v) is 6.57. The number of fused-ring (bicyclic) bond motifs is 1. The maximum Gasteiger partial charge on any atom is 0.227 e. The summed E-state index contributed by atoms with van der Waals surface area (Å²) < 4.78 is 7.13. The SMILES string of the molecule is COc1ccccc1CC(=O)N1CCCCC1c1ccn2nccc2n1. The molecule has 0 bridgehead atoms. The molecular formula is C20H22N4O2. The number of ether oxygens (including phenoxy) is 1. The number of nitrogens with zero attached hydrogens (tertiary/aromatic N) is 4. The van der Waals surface area contributed by atoms with Crippen molar-refractivity contribution in [3.8, 4) is 5.75 Å². The van der Waals surface area contributed by atoms with Crippen LogP contribution < -0.4 is 4.74 Å². The number of rotatable bonds is 4. The predicted molar refractivity (Wildman–Crippen MR) is 98.0 cm³/mol. The molecule has 0 N–H and O–H groups in total. The van der Waals surface area contributed by atoms with Crippen LogP contribution in [0.3, 0.4) is 0 Å². The van der Waals surface area contributed by atoms with Crippen molar-refractivity contribution >= 4 is 11.6 Å². The molecule has 0 spiro atoms. The third-order valence-corrected chi connectivity index (χ3v) is 4.98. The zero-order valence-electron chi connectivity index (χ0n) is 14.8. The highest BCUT2D eigenvalue weighted by atomic mass is 16.5. The molecule has 6 nitrogen and oxygen atoms in total. The van der Waals surface area contributed by atoms with Crippen molar-refractivity contribution in [3.05, 3.63) is 60.0 Å². The van der Waals surface area contributed by atoms with Crippen molar-refractivity contribution in [2.75, 3.05) is 13.7 Å². The minimum atomic E-state index is 0.0193. The minimum absolute atomic E-state index is 0.0193. The molecule has 1 aliphatic rings. The molecule has 1 amide bonds. The Labute approximate surface area is 152 Å². The maximum atomic E-state index is 13.1. The fourth-order valence-electron chi connectivity index (χ4n) is 3.66. The van der Waals surface area contributed by atoms with E-state index in [4.69, 9.17) is 9.72 Å². The molecule has 1 aromatic carbocycles. The number of methoxy groups -OCH3 is 1. The van der Waals surface area contributed by atoms with E-state index < -0.39 is 0 Å². The van der Waals surface area contributed by atoms with Gasteiger partial charge in [0, 0.05) is 24.4 Å². The van der Waals surface area contributed by atoms with E-state index in [1.54, 1.807) is 17.8 Å². The van der Waals surface area contributed by atoms with Gasteiger partial charge in [0.25, 0.3) is 0 Å². The highest BCUT2D eigenvalue weighted by Crippen LogP contribution is 2.31. The molecule has 1 atom stereocenters. The zero-order chi connectivity index (χ0) is 17.9. The summed E-state index contributed by atoms with van der Waals surface area (Å²) in [4.78, 5) is 19.7. The van der Waals surface area contributed by atoms with Gasteiger partial charge in [0.05, 0.1) is 31.5 Å². The topological polar surface area (TPSA) is 59.7 Å². The van der Waals surface area contributed by atoms with Crippen LogP contribution in [0.5, 0.6) is 5.75 Å². The second-order valence-electron chi connectivity index (χ2n) is 6.57. The van der Waals surface area contributed by atoms with Crippen molar-refractivity contribution in [2.24, 2.45) is 0 Å². The van der Waals surface area contributed by atoms with Gasteiger partial charge in [-0.15, -0.1) is 0 Å². The van der Waals surface area contributed by atoms with Gasteiger partial charge < -0.3 is 9.64 Å². The van der Waals surface area contributed by atoms with Crippen LogP contribution >= 0.6 is 0 Å². The molecule has 26 heavy (non-hydrogen) atoms. The lowest BCUT2D eigenvalue weighted by Gasteiger charge is -2.35. The zero-order valence-corrected chi connectivity index (χ0v) is 14.8. The molecule has 1 aliphatic heterocycles. The fourth-order valence-corrected chi connectivity index (χ4v) is 3.66. The van der Waals surface area contributed by atoms with Gasteiger partial charge in [0.1, 0.15) is 5.75 Å². The first-order chi connectivity index (χ1) is 12.8. The number of amides is 1. The normalized spacial score (nSPS) is 17.4. The highest BCUT2D eigenvalue weighted by molar-refractivity contribution is 5.80. The Bertz CT molecular complexity index is 921. The van der Waals surface area contributed by atoms with E-state index in [9.17, 15) is 4.79 Å². The summed E-state index contributed by atoms with van der Waals surface area (Å²) in [6.07, 6.45) is 7.06. The van der Waals surface area contributed by atoms with Crippen LogP contribution in [0.4, 0.5) is 0 Å². The van der Waals surface area contributed by atoms with E-state index in [0.717, 1.165) is 48.5 Å². The first-order valence-electron chi connectivity index (χ1n) is 8.98. The molecule has 0 aliphatic carbocycles. The molecule has 134 valence electrons. The van der Waals surface area contributed by atoms with Gasteiger partial charge >= 0.3 is 0 Å². The summed E-state index contributed by atoms with van der Waals surface area (Å²) >= 11 is 0. The molecule has 3 aromatic rings. The summed E-state index contributed by atoms with van der Waals surface area (Å²) in [7, 11) is 1.64. The average Bonchev–Trinajstić information content (AvgIpc) is 3.16. The molecule has 0 radical (unpaired) electrons. The van der Waals surface area contributed by atoms with Gasteiger partial charge in [-0.2, -0.15) is 5.10 Å². The summed E-state index contributed by atoms with van der Waals surface area (Å²) in [5.74, 6) is 0.877. The van der Waals surface area contributed by atoms with Gasteiger partial charge in [-0.1, -0.05) is 18.2 Å². The first-order valence-corrected chi connectivity index (χ1v) is 8.98. The third-order valence-electron chi connectivity index (χ3n) is 4.98. The number of carbonyl (C=O) groups excluding carboxylic acids is 1. The lowest BCUT2D eigenvalue weighted by atomic mass is 9.98. The van der Waals surface area contributed by atoms with Crippen molar-refractivity contribution in [3.63, 3.8) is 0 Å². The van der Waals surface area contributed by atoms with Crippen LogP contribution in [-0.2, 0) is 11.2 Å². The molecule has 1 fully saturated rings. The number of hydrogen-bond acceptors (Lipinski definition) is 4. The van der Waals surface area contributed by atoms with E-state index in [1.165, 1.54) is 0 Å². The fraction of sp³-hybridized carbons (Fsp3) is 0.350. The Morgan fingerprint density at radius 2 is 2.12 bits per heavy atom. The van der Waals surface area contributed by atoms with E-state index in [1.807, 2.05) is 47.5 Å². The van der Waals surface area contributed by atoms with Gasteiger partial charge in [-0.3, -0.25) is 4.79 Å². The van der Waals surface area contributed by atoms with Gasteiger partial charge in [0.15, 0.2) is 5.65 Å². The van der Waals surface area contributed by atoms with Crippen molar-refractivity contribution in [2.45, 2.75) is 31.7 Å². The highest BCUT2D eigenvalue weighted by Gasteiger charge is 2.29. The van der Waals surface area contributed by atoms with Gasteiger partial charge in [-0.05, 0) is 31.4 Å². The standard InChI is InChI=1S/C20H22N4O2/c1-26-18-8-3-2-6-15(18)14-20(25)23-12-5-4-7-17(23)16-10-13-24-19(22-16)9-11-21-24/h2-3,6,8-11,13,17H,4-5,7,12,14H2,1H3. The number of aromatic nitrogens is 3. The van der Waals surface area contributed by atoms with Crippen LogP contribution in [0, 0.1) is 0 Å². The van der Waals surface area contributed by atoms with Gasteiger partial charge in [-0.25, -0.2) is 9.50 Å². The Morgan fingerprint density at radius 1 is 1.23 bits per heavy atom. The Balaban J connectivity index is 1.59. The number of benzene rings is 1. The first kappa shape index (κ1) is 16.6. The average molecular weight is 350 g/mol. The number of para-hydroxylation sites is 1. The predicted octanol–water partition coefficient (Wildman–Crippen LogP) is 3.03. The van der Waals surface area contributed by atoms with Crippen LogP contribution in [0.15, 0.2) is 48.8 Å². The summed E-state index contributed by atoms with van der Waals surface area (Å²) in [5, 5.41) is 4.19. The maximum absolute atomic E-state index is 13.1. The van der Waals surface area contributed by atoms with E-state index in [0.29, 0.717) is 6.42 Å². The van der Waals surface area contributed by atoms with Crippen LogP contribution in [0.1, 0.15) is 36.6 Å². The lowest BCUT2D eigenvalue weighted by Crippen LogP contribution is -2.39. The molecule has 2 aromatic heterocycles. The van der Waals surface area contributed by atoms with Gasteiger partial charge in [0.2, 0.25) is 5.91 Å². The molecule has 1 unspecified atom stereocenters. The summed E-state index contributed by atoms with van der Waals surface area (Å²) in [5.41, 5.74) is 2.67. The van der Waals surface area contributed by atoms with Crippen molar-refractivity contribution < 1.29 is 9.53 Å². The number of hydrogen-bond donors (Lipinski definition) is 0. The van der Waals surface area contributed by atoms with Crippen LogP contribution in [0.2, 0.25) is 0 Å².